The van der Waals surface area contributed by atoms with Crippen molar-refractivity contribution >= 4 is 17.2 Å². The normalized spacial score (nSPS) is 10.5. The van der Waals surface area contributed by atoms with E-state index in [0.717, 1.165) is 35.8 Å². The molecule has 0 N–H and O–H groups in total. The third-order valence-electron chi connectivity index (χ3n) is 2.53. The van der Waals surface area contributed by atoms with Crippen LogP contribution >= 0.6 is 11.3 Å². The van der Waals surface area contributed by atoms with E-state index in [1.807, 2.05) is 25.7 Å². The van der Waals surface area contributed by atoms with Crippen molar-refractivity contribution < 1.29 is 4.79 Å². The highest BCUT2D eigenvalue weighted by molar-refractivity contribution is 7.11. The predicted octanol–water partition coefficient (Wildman–Crippen LogP) is 2.89. The third-order valence-corrected chi connectivity index (χ3v) is 3.57. The van der Waals surface area contributed by atoms with Gasteiger partial charge in [0, 0.05) is 18.0 Å². The molecule has 0 saturated carbocycles. The third kappa shape index (κ3) is 2.82. The number of carbonyl (C=O) groups excluding carboxylic acids is 1. The maximum absolute atomic E-state index is 12.2. The Morgan fingerprint density at radius 3 is 2.44 bits per heavy atom. The first kappa shape index (κ1) is 13.2. The van der Waals surface area contributed by atoms with Crippen molar-refractivity contribution in [1.29, 1.82) is 0 Å². The van der Waals surface area contributed by atoms with Gasteiger partial charge in [-0.05, 0) is 27.2 Å². The van der Waals surface area contributed by atoms with E-state index in [9.17, 15) is 4.79 Å². The molecule has 0 atom stereocenters. The van der Waals surface area contributed by atoms with Crippen molar-refractivity contribution in [2.45, 2.75) is 40.5 Å². The van der Waals surface area contributed by atoms with Gasteiger partial charge < -0.3 is 4.90 Å². The van der Waals surface area contributed by atoms with Crippen LogP contribution in [0.25, 0.3) is 0 Å². The van der Waals surface area contributed by atoms with Gasteiger partial charge in [-0.15, -0.1) is 11.3 Å². The van der Waals surface area contributed by atoms with Crippen molar-refractivity contribution in [3.63, 3.8) is 0 Å². The second-order valence-electron chi connectivity index (χ2n) is 3.73. The number of rotatable bonds is 5. The molecule has 0 unspecified atom stereocenters. The molecule has 0 spiro atoms. The van der Waals surface area contributed by atoms with E-state index >= 15 is 0 Å². The Labute approximate surface area is 101 Å². The zero-order chi connectivity index (χ0) is 12.1. The van der Waals surface area contributed by atoms with Gasteiger partial charge in [0.1, 0.15) is 5.69 Å². The number of amides is 1. The van der Waals surface area contributed by atoms with Crippen molar-refractivity contribution in [3.8, 4) is 0 Å². The fourth-order valence-corrected chi connectivity index (χ4v) is 2.72. The number of hydrogen-bond acceptors (Lipinski definition) is 3. The van der Waals surface area contributed by atoms with Crippen LogP contribution in [0.2, 0.25) is 0 Å². The maximum atomic E-state index is 12.2. The molecular formula is C12H20N2OS. The van der Waals surface area contributed by atoms with E-state index in [-0.39, 0.29) is 5.91 Å². The summed E-state index contributed by atoms with van der Waals surface area (Å²) in [4.78, 5) is 19.5. The molecule has 16 heavy (non-hydrogen) atoms. The first-order chi connectivity index (χ1) is 7.63. The first-order valence-electron chi connectivity index (χ1n) is 5.89. The summed E-state index contributed by atoms with van der Waals surface area (Å²) in [6.45, 7) is 9.58. The molecule has 1 rings (SSSR count). The Hall–Kier alpha value is -0.900. The van der Waals surface area contributed by atoms with Crippen LogP contribution < -0.4 is 0 Å². The smallest absolute Gasteiger partial charge is 0.273 e. The summed E-state index contributed by atoms with van der Waals surface area (Å²) < 4.78 is 0. The lowest BCUT2D eigenvalue weighted by Crippen LogP contribution is -2.31. The molecule has 0 aromatic carbocycles. The second-order valence-corrected chi connectivity index (χ2v) is 5.02. The second kappa shape index (κ2) is 5.99. The average molecular weight is 240 g/mol. The number of hydrogen-bond donors (Lipinski definition) is 0. The lowest BCUT2D eigenvalue weighted by atomic mass is 10.2. The van der Waals surface area contributed by atoms with Crippen molar-refractivity contribution in [1.82, 2.24) is 9.88 Å². The molecule has 0 radical (unpaired) electrons. The summed E-state index contributed by atoms with van der Waals surface area (Å²) in [5, 5.41) is 0.985. The summed E-state index contributed by atoms with van der Waals surface area (Å²) in [7, 11) is 0. The van der Waals surface area contributed by atoms with Crippen LogP contribution in [-0.4, -0.2) is 28.9 Å². The molecule has 0 aliphatic carbocycles. The van der Waals surface area contributed by atoms with Crippen molar-refractivity contribution in [2.24, 2.45) is 0 Å². The van der Waals surface area contributed by atoms with E-state index < -0.39 is 0 Å². The topological polar surface area (TPSA) is 33.2 Å². The van der Waals surface area contributed by atoms with Gasteiger partial charge in [0.25, 0.3) is 5.91 Å². The lowest BCUT2D eigenvalue weighted by Gasteiger charge is -2.17. The quantitative estimate of drug-likeness (QED) is 0.793. The van der Waals surface area contributed by atoms with Crippen LogP contribution in [0.5, 0.6) is 0 Å². The van der Waals surface area contributed by atoms with E-state index in [1.54, 1.807) is 11.3 Å². The molecule has 0 aliphatic rings. The standard InChI is InChI=1S/C12H20N2OS/c1-5-8-10-11(13-9(4)16-10)12(15)14(6-2)7-3/h5-8H2,1-4H3. The summed E-state index contributed by atoms with van der Waals surface area (Å²) in [6, 6.07) is 0. The minimum Gasteiger partial charge on any atom is -0.338 e. The van der Waals surface area contributed by atoms with Crippen molar-refractivity contribution in [2.75, 3.05) is 13.1 Å². The Kier molecular flexibility index (Phi) is 4.93. The zero-order valence-electron chi connectivity index (χ0n) is 10.5. The molecular weight excluding hydrogens is 220 g/mol. The van der Waals surface area contributed by atoms with Crippen LogP contribution in [0.15, 0.2) is 0 Å². The van der Waals surface area contributed by atoms with Crippen LogP contribution in [0, 0.1) is 6.92 Å². The molecule has 90 valence electrons. The molecule has 4 heteroatoms. The Balaban J connectivity index is 2.97. The molecule has 0 aliphatic heterocycles. The minimum atomic E-state index is 0.0813. The fraction of sp³-hybridized carbons (Fsp3) is 0.667. The van der Waals surface area contributed by atoms with Crippen LogP contribution in [-0.2, 0) is 6.42 Å². The molecule has 1 amide bonds. The van der Waals surface area contributed by atoms with Gasteiger partial charge in [0.15, 0.2) is 0 Å². The molecule has 0 bridgehead atoms. The minimum absolute atomic E-state index is 0.0813. The number of thiazole rings is 1. The Bertz CT molecular complexity index is 356. The highest BCUT2D eigenvalue weighted by Gasteiger charge is 2.20. The largest absolute Gasteiger partial charge is 0.338 e. The number of aryl methyl sites for hydroxylation is 2. The van der Waals surface area contributed by atoms with Gasteiger partial charge in [-0.25, -0.2) is 4.98 Å². The summed E-state index contributed by atoms with van der Waals surface area (Å²) in [5.74, 6) is 0.0813. The molecule has 0 saturated heterocycles. The average Bonchev–Trinajstić information content (AvgIpc) is 2.62. The fourth-order valence-electron chi connectivity index (χ4n) is 1.69. The van der Waals surface area contributed by atoms with E-state index in [0.29, 0.717) is 5.69 Å². The molecule has 0 fully saturated rings. The predicted molar refractivity (Wildman–Crippen MR) is 68.1 cm³/mol. The maximum Gasteiger partial charge on any atom is 0.273 e. The van der Waals surface area contributed by atoms with E-state index in [2.05, 4.69) is 11.9 Å². The number of aromatic nitrogens is 1. The van der Waals surface area contributed by atoms with Crippen LogP contribution in [0.3, 0.4) is 0 Å². The number of carbonyl (C=O) groups is 1. The van der Waals surface area contributed by atoms with Gasteiger partial charge in [-0.1, -0.05) is 13.3 Å². The first-order valence-corrected chi connectivity index (χ1v) is 6.71. The van der Waals surface area contributed by atoms with Gasteiger partial charge >= 0.3 is 0 Å². The highest BCUT2D eigenvalue weighted by atomic mass is 32.1. The van der Waals surface area contributed by atoms with Crippen molar-refractivity contribution in [3.05, 3.63) is 15.6 Å². The monoisotopic (exact) mass is 240 g/mol. The van der Waals surface area contributed by atoms with Gasteiger partial charge in [-0.2, -0.15) is 0 Å². The van der Waals surface area contributed by atoms with E-state index in [4.69, 9.17) is 0 Å². The molecule has 1 aromatic rings. The number of nitrogens with zero attached hydrogens (tertiary/aromatic N) is 2. The zero-order valence-corrected chi connectivity index (χ0v) is 11.4. The van der Waals surface area contributed by atoms with Gasteiger partial charge in [-0.3, -0.25) is 4.79 Å². The van der Waals surface area contributed by atoms with Gasteiger partial charge in [0.05, 0.1) is 5.01 Å². The molecule has 3 nitrogen and oxygen atoms in total. The molecule has 1 heterocycles. The summed E-state index contributed by atoms with van der Waals surface area (Å²) >= 11 is 1.65. The Morgan fingerprint density at radius 2 is 1.94 bits per heavy atom. The van der Waals surface area contributed by atoms with Crippen LogP contribution in [0.4, 0.5) is 0 Å². The summed E-state index contributed by atoms with van der Waals surface area (Å²) in [5.41, 5.74) is 0.674. The highest BCUT2D eigenvalue weighted by Crippen LogP contribution is 2.21. The van der Waals surface area contributed by atoms with Gasteiger partial charge in [0.2, 0.25) is 0 Å². The molecule has 1 aromatic heterocycles. The Morgan fingerprint density at radius 1 is 1.31 bits per heavy atom. The van der Waals surface area contributed by atoms with Crippen LogP contribution in [0.1, 0.15) is 47.6 Å². The summed E-state index contributed by atoms with van der Waals surface area (Å²) in [6.07, 6.45) is 2.01. The SMILES string of the molecule is CCCc1sc(C)nc1C(=O)N(CC)CC. The lowest BCUT2D eigenvalue weighted by molar-refractivity contribution is 0.0766. The van der Waals surface area contributed by atoms with E-state index in [1.165, 1.54) is 0 Å².